The number of nitrogens with one attached hydrogen (secondary N) is 1. The average Bonchev–Trinajstić information content (AvgIpc) is 2.70. The van der Waals surface area contributed by atoms with Crippen LogP contribution in [0.3, 0.4) is 0 Å². The molecule has 0 aliphatic carbocycles. The van der Waals surface area contributed by atoms with Crippen LogP contribution in [-0.2, 0) is 6.54 Å². The van der Waals surface area contributed by atoms with Crippen LogP contribution in [0.2, 0.25) is 0 Å². The Morgan fingerprint density at radius 3 is 2.59 bits per heavy atom. The molecule has 2 N–H and O–H groups in total. The van der Waals surface area contributed by atoms with Gasteiger partial charge in [-0.25, -0.2) is 0 Å². The summed E-state index contributed by atoms with van der Waals surface area (Å²) in [7, 11) is 0. The van der Waals surface area contributed by atoms with E-state index in [-0.39, 0.29) is 0 Å². The van der Waals surface area contributed by atoms with Crippen molar-refractivity contribution in [1.29, 1.82) is 0 Å². The van der Waals surface area contributed by atoms with E-state index in [1.165, 1.54) is 0 Å². The van der Waals surface area contributed by atoms with Gasteiger partial charge in [-0.05, 0) is 27.3 Å². The lowest BCUT2D eigenvalue weighted by Crippen LogP contribution is -2.38. The molecule has 0 saturated heterocycles. The lowest BCUT2D eigenvalue weighted by molar-refractivity contribution is 0.0863. The molecule has 0 aliphatic heterocycles. The summed E-state index contributed by atoms with van der Waals surface area (Å²) >= 11 is 0. The second-order valence-corrected chi connectivity index (χ2v) is 4.59. The molecule has 1 heterocycles. The van der Waals surface area contributed by atoms with Crippen molar-refractivity contribution < 1.29 is 9.52 Å². The molecule has 0 fully saturated rings. The lowest BCUT2D eigenvalue weighted by Gasteiger charge is -2.26. The fourth-order valence-electron chi connectivity index (χ4n) is 1.46. The molecule has 0 atom stereocenters. The second kappa shape index (κ2) is 5.97. The van der Waals surface area contributed by atoms with Crippen LogP contribution in [0.4, 0.5) is 6.01 Å². The highest BCUT2D eigenvalue weighted by Gasteiger charge is 2.21. The summed E-state index contributed by atoms with van der Waals surface area (Å²) in [4.78, 5) is 1.86. The van der Waals surface area contributed by atoms with Crippen LogP contribution in [-0.4, -0.2) is 40.5 Å². The van der Waals surface area contributed by atoms with E-state index in [2.05, 4.69) is 15.5 Å². The molecule has 0 amide bonds. The highest BCUT2D eigenvalue weighted by atomic mass is 16.4. The van der Waals surface area contributed by atoms with Crippen LogP contribution in [0.1, 0.15) is 33.6 Å². The Labute approximate surface area is 102 Å². The van der Waals surface area contributed by atoms with E-state index in [1.54, 1.807) is 13.8 Å². The molecule has 0 radical (unpaired) electrons. The number of aliphatic hydroxyl groups is 1. The highest BCUT2D eigenvalue weighted by molar-refractivity contribution is 5.24. The zero-order valence-electron chi connectivity index (χ0n) is 11.0. The monoisotopic (exact) mass is 242 g/mol. The Balaban J connectivity index is 2.65. The molecule has 1 aromatic rings. The molecule has 0 spiro atoms. The van der Waals surface area contributed by atoms with Gasteiger partial charge in [0.1, 0.15) is 0 Å². The van der Waals surface area contributed by atoms with Gasteiger partial charge in [-0.15, -0.1) is 5.10 Å². The van der Waals surface area contributed by atoms with E-state index < -0.39 is 5.60 Å². The molecular formula is C11H22N4O2. The van der Waals surface area contributed by atoms with E-state index >= 15 is 0 Å². The molecule has 0 aliphatic rings. The first-order valence-corrected chi connectivity index (χ1v) is 5.96. The van der Waals surface area contributed by atoms with Crippen molar-refractivity contribution in [2.75, 3.05) is 24.5 Å². The number of hydrogen-bond acceptors (Lipinski definition) is 6. The largest absolute Gasteiger partial charge is 0.407 e. The van der Waals surface area contributed by atoms with Crippen LogP contribution in [0.15, 0.2) is 4.42 Å². The molecule has 1 rings (SSSR count). The van der Waals surface area contributed by atoms with Gasteiger partial charge in [0, 0.05) is 6.54 Å². The summed E-state index contributed by atoms with van der Waals surface area (Å²) in [6.07, 6.45) is 0. The first-order valence-electron chi connectivity index (χ1n) is 5.96. The summed E-state index contributed by atoms with van der Waals surface area (Å²) in [5.41, 5.74) is -0.785. The number of hydrogen-bond donors (Lipinski definition) is 2. The maximum Gasteiger partial charge on any atom is 0.318 e. The van der Waals surface area contributed by atoms with Crippen LogP contribution < -0.4 is 10.2 Å². The summed E-state index contributed by atoms with van der Waals surface area (Å²) in [5.74, 6) is 0.566. The molecule has 0 unspecified atom stereocenters. The molecule has 0 bridgehead atoms. The van der Waals surface area contributed by atoms with E-state index in [4.69, 9.17) is 4.42 Å². The molecule has 1 aromatic heterocycles. The summed E-state index contributed by atoms with van der Waals surface area (Å²) < 4.78 is 5.51. The number of anilines is 1. The third-order valence-corrected chi connectivity index (χ3v) is 2.21. The molecule has 6 heteroatoms. The van der Waals surface area contributed by atoms with E-state index in [9.17, 15) is 5.11 Å². The van der Waals surface area contributed by atoms with Gasteiger partial charge in [-0.3, -0.25) is 0 Å². The normalized spacial score (nSPS) is 11.8. The summed E-state index contributed by atoms with van der Waals surface area (Å²) in [6, 6.07) is 0.461. The molecule has 17 heavy (non-hydrogen) atoms. The van der Waals surface area contributed by atoms with Crippen molar-refractivity contribution >= 4 is 6.01 Å². The standard InChI is InChI=1S/C11H22N4O2/c1-5-12-7-9-13-14-10(17-9)15(6-2)8-11(3,4)16/h12,16H,5-8H2,1-4H3. The van der Waals surface area contributed by atoms with Crippen LogP contribution >= 0.6 is 0 Å². The van der Waals surface area contributed by atoms with Crippen LogP contribution in [0, 0.1) is 0 Å². The summed E-state index contributed by atoms with van der Waals surface area (Å²) in [6.45, 7) is 10.1. The van der Waals surface area contributed by atoms with Gasteiger partial charge in [0.2, 0.25) is 5.89 Å². The SMILES string of the molecule is CCNCc1nnc(N(CC)CC(C)(C)O)o1. The quantitative estimate of drug-likeness (QED) is 0.736. The van der Waals surface area contributed by atoms with Gasteiger partial charge in [0.25, 0.3) is 0 Å². The maximum atomic E-state index is 9.78. The van der Waals surface area contributed by atoms with Gasteiger partial charge in [0.05, 0.1) is 18.7 Å². The molecular weight excluding hydrogens is 220 g/mol. The van der Waals surface area contributed by atoms with Crippen molar-refractivity contribution in [2.24, 2.45) is 0 Å². The van der Waals surface area contributed by atoms with Gasteiger partial charge in [0.15, 0.2) is 0 Å². The highest BCUT2D eigenvalue weighted by Crippen LogP contribution is 2.15. The number of nitrogens with zero attached hydrogens (tertiary/aromatic N) is 3. The minimum absolute atomic E-state index is 0.461. The Kier molecular flexibility index (Phi) is 4.89. The van der Waals surface area contributed by atoms with Crippen molar-refractivity contribution in [3.05, 3.63) is 5.89 Å². The van der Waals surface area contributed by atoms with Gasteiger partial charge >= 0.3 is 6.01 Å². The Morgan fingerprint density at radius 1 is 1.35 bits per heavy atom. The van der Waals surface area contributed by atoms with Crippen molar-refractivity contribution in [1.82, 2.24) is 15.5 Å². The fraction of sp³-hybridized carbons (Fsp3) is 0.818. The van der Waals surface area contributed by atoms with E-state index in [0.717, 1.165) is 6.54 Å². The smallest absolute Gasteiger partial charge is 0.318 e. The third kappa shape index (κ3) is 4.70. The predicted octanol–water partition coefficient (Wildman–Crippen LogP) is 0.776. The molecule has 0 saturated carbocycles. The van der Waals surface area contributed by atoms with Crippen LogP contribution in [0.5, 0.6) is 0 Å². The number of aromatic nitrogens is 2. The molecule has 98 valence electrons. The van der Waals surface area contributed by atoms with Crippen molar-refractivity contribution in [3.63, 3.8) is 0 Å². The van der Waals surface area contributed by atoms with E-state index in [0.29, 0.717) is 31.5 Å². The first kappa shape index (κ1) is 13.9. The van der Waals surface area contributed by atoms with Gasteiger partial charge < -0.3 is 19.7 Å². The Morgan fingerprint density at radius 2 is 2.06 bits per heavy atom. The number of rotatable bonds is 7. The minimum Gasteiger partial charge on any atom is -0.407 e. The summed E-state index contributed by atoms with van der Waals surface area (Å²) in [5, 5.41) is 20.8. The molecule has 0 aromatic carbocycles. The minimum atomic E-state index is -0.785. The topological polar surface area (TPSA) is 74.4 Å². The van der Waals surface area contributed by atoms with Gasteiger partial charge in [-0.1, -0.05) is 12.0 Å². The zero-order valence-corrected chi connectivity index (χ0v) is 11.0. The second-order valence-electron chi connectivity index (χ2n) is 4.59. The number of likely N-dealkylation sites (N-methyl/N-ethyl adjacent to an activating group) is 1. The third-order valence-electron chi connectivity index (χ3n) is 2.21. The predicted molar refractivity (Wildman–Crippen MR) is 65.9 cm³/mol. The van der Waals surface area contributed by atoms with Crippen molar-refractivity contribution in [2.45, 2.75) is 39.8 Å². The van der Waals surface area contributed by atoms with Gasteiger partial charge in [-0.2, -0.15) is 0 Å². The first-order chi connectivity index (χ1) is 7.96. The van der Waals surface area contributed by atoms with E-state index in [1.807, 2.05) is 18.7 Å². The Bertz CT molecular complexity index is 332. The zero-order chi connectivity index (χ0) is 12.9. The van der Waals surface area contributed by atoms with Crippen molar-refractivity contribution in [3.8, 4) is 0 Å². The fourth-order valence-corrected chi connectivity index (χ4v) is 1.46. The average molecular weight is 242 g/mol. The Hall–Kier alpha value is -1.14. The molecule has 6 nitrogen and oxygen atoms in total. The maximum absolute atomic E-state index is 9.78. The van der Waals surface area contributed by atoms with Crippen LogP contribution in [0.25, 0.3) is 0 Å². The lowest BCUT2D eigenvalue weighted by atomic mass is 10.1.